The van der Waals surface area contributed by atoms with E-state index in [0.29, 0.717) is 19.6 Å². The minimum atomic E-state index is -1.93. The molecule has 1 aromatic rings. The molecule has 2 nitrogen and oxygen atoms in total. The van der Waals surface area contributed by atoms with Crippen molar-refractivity contribution in [1.29, 1.82) is 0 Å². The Labute approximate surface area is 205 Å². The van der Waals surface area contributed by atoms with Gasteiger partial charge in [-0.05, 0) is 54.3 Å². The van der Waals surface area contributed by atoms with E-state index >= 15 is 0 Å². The van der Waals surface area contributed by atoms with E-state index in [2.05, 4.69) is 85.8 Å². The maximum atomic E-state index is 6.71. The molecule has 0 atom stereocenters. The molecule has 0 heterocycles. The fraction of sp³-hybridized carbons (Fsp3) is 0.630. The van der Waals surface area contributed by atoms with Crippen LogP contribution in [0, 0.1) is 17.8 Å². The van der Waals surface area contributed by atoms with Crippen LogP contribution in [0.5, 0.6) is 0 Å². The predicted molar refractivity (Wildman–Crippen MR) is 147 cm³/mol. The number of hydrogen-bond acceptors (Lipinski definition) is 2. The van der Waals surface area contributed by atoms with Gasteiger partial charge in [-0.25, -0.2) is 0 Å². The highest BCUT2D eigenvalue weighted by Gasteiger charge is 2.43. The van der Waals surface area contributed by atoms with E-state index in [4.69, 9.17) is 26.9 Å². The maximum Gasteiger partial charge on any atom is 0.192 e. The number of allylic oxidation sites excluding steroid dienone is 1. The summed E-state index contributed by atoms with van der Waals surface area (Å²) in [6.07, 6.45) is 11.6. The summed E-state index contributed by atoms with van der Waals surface area (Å²) in [6, 6.07) is 7.89. The van der Waals surface area contributed by atoms with E-state index in [0.717, 1.165) is 17.0 Å². The molecule has 0 radical (unpaired) electrons. The molecule has 180 valence electrons. The van der Waals surface area contributed by atoms with Crippen LogP contribution < -0.4 is 0 Å². The van der Waals surface area contributed by atoms with Crippen LogP contribution in [0.2, 0.25) is 41.3 Å². The van der Waals surface area contributed by atoms with E-state index in [1.807, 2.05) is 24.3 Å². The van der Waals surface area contributed by atoms with Crippen LogP contribution >= 0.6 is 11.6 Å². The van der Waals surface area contributed by atoms with Crippen LogP contribution in [0.1, 0.15) is 59.9 Å². The minimum Gasteiger partial charge on any atom is -0.416 e. The molecule has 0 aromatic heterocycles. The Bertz CT molecular complexity index is 778. The summed E-state index contributed by atoms with van der Waals surface area (Å²) in [5, 5.41) is 1.03. The monoisotopic (exact) mass is 492 g/mol. The summed E-state index contributed by atoms with van der Waals surface area (Å²) in [7, 11) is -3.85. The average Bonchev–Trinajstić information content (AvgIpc) is 2.65. The van der Waals surface area contributed by atoms with Crippen LogP contribution in [-0.2, 0) is 8.85 Å². The van der Waals surface area contributed by atoms with Gasteiger partial charge in [0.15, 0.2) is 16.6 Å². The molecule has 0 aliphatic rings. The Morgan fingerprint density at radius 3 is 1.78 bits per heavy atom. The van der Waals surface area contributed by atoms with Gasteiger partial charge in [0, 0.05) is 30.1 Å². The molecule has 0 aliphatic carbocycles. The highest BCUT2D eigenvalue weighted by molar-refractivity contribution is 6.74. The zero-order valence-corrected chi connectivity index (χ0v) is 24.8. The zero-order chi connectivity index (χ0) is 24.8. The van der Waals surface area contributed by atoms with Crippen molar-refractivity contribution in [2.45, 2.75) is 90.6 Å². The fourth-order valence-corrected chi connectivity index (χ4v) is 5.10. The normalized spacial score (nSPS) is 14.1. The quantitative estimate of drug-likeness (QED) is 0.240. The second-order valence-electron chi connectivity index (χ2n) is 12.1. The first kappa shape index (κ1) is 29.2. The van der Waals surface area contributed by atoms with Gasteiger partial charge >= 0.3 is 0 Å². The summed E-state index contributed by atoms with van der Waals surface area (Å²) in [6.45, 7) is 24.0. The molecule has 0 saturated heterocycles. The van der Waals surface area contributed by atoms with Crippen molar-refractivity contribution in [2.24, 2.45) is 5.41 Å². The van der Waals surface area contributed by atoms with Crippen molar-refractivity contribution in [3.63, 3.8) is 0 Å². The standard InChI is InChI=1S/C27H45ClO2Si2/c1-12-19-27(21-29-31(8,9)25(2,3)4,22-30-32(10,11)26(5,6)7)20-15-17-23-16-13-14-18-24(23)28/h1,13-18H,19-22H2,2-11H3/b17-15+. The second kappa shape index (κ2) is 11.1. The first-order valence-electron chi connectivity index (χ1n) is 11.6. The van der Waals surface area contributed by atoms with Gasteiger partial charge < -0.3 is 8.85 Å². The van der Waals surface area contributed by atoms with Crippen molar-refractivity contribution in [3.8, 4) is 12.3 Å². The molecule has 0 bridgehead atoms. The molecule has 32 heavy (non-hydrogen) atoms. The van der Waals surface area contributed by atoms with Crippen molar-refractivity contribution >= 4 is 34.3 Å². The Kier molecular flexibility index (Phi) is 10.1. The Morgan fingerprint density at radius 2 is 1.38 bits per heavy atom. The molecule has 0 aliphatic heterocycles. The third-order valence-corrected chi connectivity index (χ3v) is 16.6. The molecule has 0 fully saturated rings. The summed E-state index contributed by atoms with van der Waals surface area (Å²) >= 11 is 6.36. The number of hydrogen-bond donors (Lipinski definition) is 0. The SMILES string of the molecule is C#CCC(C/C=C/c1ccccc1Cl)(CO[Si](C)(C)C(C)(C)C)CO[Si](C)(C)C(C)(C)C. The molecule has 0 saturated carbocycles. The van der Waals surface area contributed by atoms with Crippen molar-refractivity contribution in [2.75, 3.05) is 13.2 Å². The molecule has 0 unspecified atom stereocenters. The topological polar surface area (TPSA) is 18.5 Å². The Balaban J connectivity index is 3.21. The third-order valence-electron chi connectivity index (χ3n) is 7.32. The zero-order valence-electron chi connectivity index (χ0n) is 22.1. The van der Waals surface area contributed by atoms with Crippen molar-refractivity contribution < 1.29 is 8.85 Å². The number of halogens is 1. The predicted octanol–water partition coefficient (Wildman–Crippen LogP) is 8.80. The van der Waals surface area contributed by atoms with E-state index in [-0.39, 0.29) is 15.5 Å². The van der Waals surface area contributed by atoms with Crippen LogP contribution in [-0.4, -0.2) is 29.8 Å². The minimum absolute atomic E-state index is 0.141. The highest BCUT2D eigenvalue weighted by Crippen LogP contribution is 2.41. The van der Waals surface area contributed by atoms with Gasteiger partial charge in [-0.1, -0.05) is 83.5 Å². The average molecular weight is 493 g/mol. The molecule has 5 heteroatoms. The maximum absolute atomic E-state index is 6.71. The van der Waals surface area contributed by atoms with Crippen molar-refractivity contribution in [1.82, 2.24) is 0 Å². The lowest BCUT2D eigenvalue weighted by atomic mass is 9.83. The van der Waals surface area contributed by atoms with Gasteiger partial charge in [-0.3, -0.25) is 0 Å². The van der Waals surface area contributed by atoms with E-state index in [1.54, 1.807) is 0 Å². The Morgan fingerprint density at radius 1 is 0.906 bits per heavy atom. The van der Waals surface area contributed by atoms with Gasteiger partial charge in [0.25, 0.3) is 0 Å². The van der Waals surface area contributed by atoms with Crippen LogP contribution in [0.15, 0.2) is 30.3 Å². The van der Waals surface area contributed by atoms with Crippen molar-refractivity contribution in [3.05, 3.63) is 40.9 Å². The molecule has 0 amide bonds. The van der Waals surface area contributed by atoms with Crippen LogP contribution in [0.3, 0.4) is 0 Å². The molecule has 1 aromatic carbocycles. The largest absolute Gasteiger partial charge is 0.416 e. The lowest BCUT2D eigenvalue weighted by Gasteiger charge is -2.43. The summed E-state index contributed by atoms with van der Waals surface area (Å²) < 4.78 is 13.4. The lowest BCUT2D eigenvalue weighted by molar-refractivity contribution is 0.0709. The first-order chi connectivity index (χ1) is 14.5. The van der Waals surface area contributed by atoms with E-state index in [9.17, 15) is 0 Å². The number of benzene rings is 1. The first-order valence-corrected chi connectivity index (χ1v) is 17.8. The van der Waals surface area contributed by atoms with Gasteiger partial charge in [0.1, 0.15) is 0 Å². The van der Waals surface area contributed by atoms with Crippen LogP contribution in [0.25, 0.3) is 6.08 Å². The second-order valence-corrected chi connectivity index (χ2v) is 22.1. The van der Waals surface area contributed by atoms with E-state index in [1.165, 1.54) is 0 Å². The molecular weight excluding hydrogens is 448 g/mol. The molecular formula is C27H45ClO2Si2. The molecule has 0 N–H and O–H groups in total. The van der Waals surface area contributed by atoms with Gasteiger partial charge in [-0.15, -0.1) is 12.3 Å². The van der Waals surface area contributed by atoms with Gasteiger partial charge in [0.2, 0.25) is 0 Å². The summed E-state index contributed by atoms with van der Waals surface area (Å²) in [5.74, 6) is 2.93. The van der Waals surface area contributed by atoms with Crippen LogP contribution in [0.4, 0.5) is 0 Å². The fourth-order valence-electron chi connectivity index (χ4n) is 2.70. The number of rotatable bonds is 10. The number of terminal acetylenes is 1. The Hall–Kier alpha value is -0.836. The molecule has 0 spiro atoms. The smallest absolute Gasteiger partial charge is 0.192 e. The molecule has 1 rings (SSSR count). The summed E-state index contributed by atoms with van der Waals surface area (Å²) in [5.41, 5.74) is 0.747. The summed E-state index contributed by atoms with van der Waals surface area (Å²) in [4.78, 5) is 0. The van der Waals surface area contributed by atoms with Gasteiger partial charge in [-0.2, -0.15) is 0 Å². The van der Waals surface area contributed by atoms with Gasteiger partial charge in [0.05, 0.1) is 0 Å². The highest BCUT2D eigenvalue weighted by atomic mass is 35.5. The third kappa shape index (κ3) is 8.18. The lowest BCUT2D eigenvalue weighted by Crippen LogP contribution is -2.48. The van der Waals surface area contributed by atoms with E-state index < -0.39 is 16.6 Å².